The molecule has 9 heteroatoms. The standard InChI is InChI=1S/C33H27BrN2O4S2/c1-16-7-5-6-8-17(16)15-40-23-12-11-18(34)13-20(23)24-25-21-14-22(28(25)41-30-29(24)42-33(39)35-30)27-26(21)31(37)36(32(27)38)19-9-3-2-4-10-19/h2-13,21-22,24-28H,14-15H2,1H3,(H,35,39)/t21-,22-,24+,25+,26+,27+,28-/m1/s1. The predicted octanol–water partition coefficient (Wildman–Crippen LogP) is 6.76. The SMILES string of the molecule is Cc1ccccc1COc1ccc(Br)cc1[C@@H]1c2sc(=O)[nH]c2S[C@@H]2[C@@H]3C[C@@H]([C@@H]4C(=O)N(c5ccccc5)C(=O)[C@@H]34)[C@@H]12. The fourth-order valence-corrected chi connectivity index (χ4v) is 11.3. The number of thioether (sulfide) groups is 1. The van der Waals surface area contributed by atoms with E-state index in [1.807, 2.05) is 54.6 Å². The van der Waals surface area contributed by atoms with Gasteiger partial charge in [0.2, 0.25) is 11.8 Å². The van der Waals surface area contributed by atoms with E-state index in [0.717, 1.165) is 37.7 Å². The second kappa shape index (κ2) is 9.96. The largest absolute Gasteiger partial charge is 0.489 e. The lowest BCUT2D eigenvalue weighted by Gasteiger charge is -2.43. The fourth-order valence-electron chi connectivity index (χ4n) is 8.02. The van der Waals surface area contributed by atoms with Crippen LogP contribution in [0.3, 0.4) is 0 Å². The smallest absolute Gasteiger partial charge is 0.305 e. The molecule has 2 aliphatic heterocycles. The van der Waals surface area contributed by atoms with E-state index in [-0.39, 0.29) is 57.4 Å². The third-order valence-corrected chi connectivity index (χ3v) is 12.8. The molecular weight excluding hydrogens is 632 g/mol. The Labute approximate surface area is 259 Å². The predicted molar refractivity (Wildman–Crippen MR) is 167 cm³/mol. The molecule has 2 amide bonds. The van der Waals surface area contributed by atoms with E-state index in [1.54, 1.807) is 11.8 Å². The molecule has 4 aromatic rings. The number of rotatable bonds is 5. The second-order valence-corrected chi connectivity index (χ2v) is 14.8. The number of anilines is 1. The van der Waals surface area contributed by atoms with Crippen LogP contribution in [0.25, 0.3) is 0 Å². The fraction of sp³-hybridized carbons (Fsp3) is 0.303. The van der Waals surface area contributed by atoms with Crippen LogP contribution >= 0.6 is 39.0 Å². The molecule has 2 saturated carbocycles. The van der Waals surface area contributed by atoms with Crippen LogP contribution in [0, 0.1) is 36.5 Å². The van der Waals surface area contributed by atoms with Gasteiger partial charge in [0.05, 0.1) is 22.5 Å². The van der Waals surface area contributed by atoms with Crippen molar-refractivity contribution < 1.29 is 14.3 Å². The van der Waals surface area contributed by atoms with E-state index in [0.29, 0.717) is 12.3 Å². The molecule has 4 aliphatic rings. The van der Waals surface area contributed by atoms with Crippen LogP contribution in [-0.2, 0) is 16.2 Å². The number of ether oxygens (including phenoxy) is 1. The number of aromatic amines is 1. The molecule has 1 aromatic heterocycles. The van der Waals surface area contributed by atoms with Crippen LogP contribution in [0.15, 0.2) is 87.1 Å². The molecule has 0 spiro atoms. The van der Waals surface area contributed by atoms with Crippen molar-refractivity contribution in [3.63, 3.8) is 0 Å². The Morgan fingerprint density at radius 3 is 2.48 bits per heavy atom. The lowest BCUT2D eigenvalue weighted by molar-refractivity contribution is -0.123. The number of carbonyl (C=O) groups is 2. The highest BCUT2D eigenvalue weighted by molar-refractivity contribution is 9.10. The molecule has 2 aliphatic carbocycles. The summed E-state index contributed by atoms with van der Waals surface area (Å²) in [7, 11) is 0. The first-order valence-electron chi connectivity index (χ1n) is 14.2. The lowest BCUT2D eigenvalue weighted by Crippen LogP contribution is -2.42. The second-order valence-electron chi connectivity index (χ2n) is 11.7. The summed E-state index contributed by atoms with van der Waals surface area (Å²) < 4.78 is 7.46. The van der Waals surface area contributed by atoms with Gasteiger partial charge < -0.3 is 9.72 Å². The van der Waals surface area contributed by atoms with Crippen molar-refractivity contribution in [2.24, 2.45) is 29.6 Å². The van der Waals surface area contributed by atoms with Gasteiger partial charge in [-0.05, 0) is 72.6 Å². The number of nitrogens with zero attached hydrogens (tertiary/aromatic N) is 1. The first-order valence-corrected chi connectivity index (χ1v) is 16.7. The van der Waals surface area contributed by atoms with Gasteiger partial charge in [-0.1, -0.05) is 69.7 Å². The van der Waals surface area contributed by atoms with Crippen molar-refractivity contribution in [3.05, 3.63) is 109 Å². The van der Waals surface area contributed by atoms with Crippen LogP contribution in [0.4, 0.5) is 5.69 Å². The highest BCUT2D eigenvalue weighted by Gasteiger charge is 2.69. The number of halogens is 1. The Hall–Kier alpha value is -3.14. The van der Waals surface area contributed by atoms with Crippen molar-refractivity contribution in [1.29, 1.82) is 0 Å². The summed E-state index contributed by atoms with van der Waals surface area (Å²) in [5.74, 6) is 0.0627. The van der Waals surface area contributed by atoms with E-state index in [4.69, 9.17) is 4.74 Å². The minimum atomic E-state index is -0.340. The third-order valence-electron chi connectivity index (χ3n) is 9.69. The summed E-state index contributed by atoms with van der Waals surface area (Å²) in [6, 6.07) is 23.6. The molecule has 6 nitrogen and oxygen atoms in total. The monoisotopic (exact) mass is 658 g/mol. The number of fused-ring (bicyclic) bond motifs is 9. The number of nitrogens with one attached hydrogen (secondary N) is 1. The number of amides is 2. The summed E-state index contributed by atoms with van der Waals surface area (Å²) in [5, 5.41) is 1.01. The molecule has 3 aromatic carbocycles. The van der Waals surface area contributed by atoms with Gasteiger partial charge >= 0.3 is 4.87 Å². The zero-order valence-corrected chi connectivity index (χ0v) is 25.9. The number of carbonyl (C=O) groups excluding carboxylic acids is 2. The van der Waals surface area contributed by atoms with Crippen molar-refractivity contribution in [2.45, 2.75) is 36.1 Å². The summed E-state index contributed by atoms with van der Waals surface area (Å²) in [6.45, 7) is 2.51. The molecule has 0 radical (unpaired) electrons. The molecule has 7 atom stereocenters. The topological polar surface area (TPSA) is 79.5 Å². The van der Waals surface area contributed by atoms with Crippen LogP contribution in [0.2, 0.25) is 0 Å². The zero-order chi connectivity index (χ0) is 28.7. The van der Waals surface area contributed by atoms with Crippen molar-refractivity contribution >= 4 is 56.5 Å². The number of hydrogen-bond acceptors (Lipinski definition) is 6. The number of aromatic nitrogens is 1. The maximum Gasteiger partial charge on any atom is 0.305 e. The number of benzene rings is 3. The van der Waals surface area contributed by atoms with E-state index >= 15 is 0 Å². The highest BCUT2D eigenvalue weighted by Crippen LogP contribution is 2.69. The van der Waals surface area contributed by atoms with Crippen molar-refractivity contribution in [1.82, 2.24) is 4.98 Å². The van der Waals surface area contributed by atoms with Gasteiger partial charge in [0.1, 0.15) is 12.4 Å². The maximum atomic E-state index is 14.0. The van der Waals surface area contributed by atoms with E-state index in [9.17, 15) is 14.4 Å². The van der Waals surface area contributed by atoms with Gasteiger partial charge in [-0.25, -0.2) is 0 Å². The Morgan fingerprint density at radius 2 is 1.69 bits per heavy atom. The van der Waals surface area contributed by atoms with Gasteiger partial charge in [0.15, 0.2) is 0 Å². The van der Waals surface area contributed by atoms with Gasteiger partial charge in [-0.3, -0.25) is 19.3 Å². The third kappa shape index (κ3) is 3.93. The Morgan fingerprint density at radius 1 is 0.952 bits per heavy atom. The van der Waals surface area contributed by atoms with E-state index < -0.39 is 0 Å². The van der Waals surface area contributed by atoms with Crippen LogP contribution < -0.4 is 14.5 Å². The average Bonchev–Trinajstić information content (AvgIpc) is 3.72. The molecule has 42 heavy (non-hydrogen) atoms. The molecule has 2 bridgehead atoms. The van der Waals surface area contributed by atoms with Crippen LogP contribution in [-0.4, -0.2) is 22.0 Å². The first-order chi connectivity index (χ1) is 20.4. The number of thiazole rings is 1. The van der Waals surface area contributed by atoms with Crippen LogP contribution in [0.5, 0.6) is 5.75 Å². The number of aryl methyl sites for hydroxylation is 1. The van der Waals surface area contributed by atoms with Gasteiger partial charge in [0, 0.05) is 26.1 Å². The molecule has 1 N–H and O–H groups in total. The molecule has 1 saturated heterocycles. The number of hydrogen-bond donors (Lipinski definition) is 1. The summed E-state index contributed by atoms with van der Waals surface area (Å²) in [4.78, 5) is 46.0. The maximum absolute atomic E-state index is 14.0. The quantitative estimate of drug-likeness (QED) is 0.240. The normalized spacial score (nSPS) is 29.0. The number of H-pyrrole nitrogens is 1. The lowest BCUT2D eigenvalue weighted by atomic mass is 9.68. The Kier molecular flexibility index (Phi) is 6.28. The van der Waals surface area contributed by atoms with Crippen molar-refractivity contribution in [2.75, 3.05) is 4.90 Å². The molecule has 3 fully saturated rings. The molecular formula is C33H27BrN2O4S2. The minimum Gasteiger partial charge on any atom is -0.489 e. The zero-order valence-electron chi connectivity index (χ0n) is 22.7. The van der Waals surface area contributed by atoms with Crippen LogP contribution in [0.1, 0.15) is 33.9 Å². The van der Waals surface area contributed by atoms with E-state index in [1.165, 1.54) is 21.8 Å². The summed E-state index contributed by atoms with van der Waals surface area (Å²) in [5.41, 5.74) is 3.96. The van der Waals surface area contributed by atoms with Gasteiger partial charge in [0.25, 0.3) is 0 Å². The molecule has 0 unspecified atom stereocenters. The Bertz CT molecular complexity index is 1800. The van der Waals surface area contributed by atoms with Crippen molar-refractivity contribution in [3.8, 4) is 5.75 Å². The minimum absolute atomic E-state index is 0.0428. The molecule has 3 heterocycles. The first kappa shape index (κ1) is 26.5. The highest BCUT2D eigenvalue weighted by atomic mass is 79.9. The average molecular weight is 660 g/mol. The van der Waals surface area contributed by atoms with E-state index in [2.05, 4.69) is 46.0 Å². The Balaban J connectivity index is 1.21. The number of para-hydroxylation sites is 1. The van der Waals surface area contributed by atoms with Gasteiger partial charge in [-0.2, -0.15) is 0 Å². The summed E-state index contributed by atoms with van der Waals surface area (Å²) >= 11 is 6.65. The number of imide groups is 1. The molecule has 212 valence electrons. The van der Waals surface area contributed by atoms with Gasteiger partial charge in [-0.15, -0.1) is 11.8 Å². The summed E-state index contributed by atoms with van der Waals surface area (Å²) in [6.07, 6.45) is 0.848. The molecule has 8 rings (SSSR count).